The fraction of sp³-hybridized carbons (Fsp3) is 1.00. The van der Waals surface area contributed by atoms with Crippen LogP contribution in [0.4, 0.5) is 0 Å². The Morgan fingerprint density at radius 1 is 0.846 bits per heavy atom. The first-order chi connectivity index (χ1) is 6.36. The summed E-state index contributed by atoms with van der Waals surface area (Å²) in [5, 5.41) is 0. The highest BCUT2D eigenvalue weighted by Crippen LogP contribution is 2.36. The zero-order chi connectivity index (χ0) is 9.52. The molecule has 0 amide bonds. The Kier molecular flexibility index (Phi) is 5.50. The van der Waals surface area contributed by atoms with Crippen molar-refractivity contribution in [3.8, 4) is 0 Å². The average molecular weight is 182 g/mol. The van der Waals surface area contributed by atoms with Crippen molar-refractivity contribution in [2.75, 3.05) is 0 Å². The smallest absolute Gasteiger partial charge is 0.0412 e. The van der Waals surface area contributed by atoms with Gasteiger partial charge in [-0.1, -0.05) is 65.2 Å². The van der Waals surface area contributed by atoms with Crippen LogP contribution in [0.2, 0.25) is 0 Å². The van der Waals surface area contributed by atoms with Crippen LogP contribution in [-0.2, 0) is 0 Å². The number of hydrogen-bond acceptors (Lipinski definition) is 0. The molecule has 1 aliphatic rings. The van der Waals surface area contributed by atoms with Gasteiger partial charge >= 0.3 is 0 Å². The third-order valence-electron chi connectivity index (χ3n) is 3.56. The molecule has 78 valence electrons. The van der Waals surface area contributed by atoms with Crippen molar-refractivity contribution in [1.29, 1.82) is 0 Å². The van der Waals surface area contributed by atoms with Crippen molar-refractivity contribution in [2.24, 2.45) is 11.8 Å². The summed E-state index contributed by atoms with van der Waals surface area (Å²) in [6, 6.07) is 0. The number of unbranched alkanes of at least 4 members (excludes halogenated alkanes) is 2. The molecule has 1 rings (SSSR count). The summed E-state index contributed by atoms with van der Waals surface area (Å²) in [5.41, 5.74) is 0. The van der Waals surface area contributed by atoms with E-state index in [1.54, 1.807) is 6.42 Å². The lowest BCUT2D eigenvalue weighted by Gasteiger charge is -2.09. The average Bonchev–Trinajstić information content (AvgIpc) is 2.54. The molecule has 0 aromatic rings. The molecule has 0 radical (unpaired) electrons. The van der Waals surface area contributed by atoms with Gasteiger partial charge in [0.1, 0.15) is 0 Å². The molecule has 0 aromatic heterocycles. The molecule has 0 saturated heterocycles. The molecule has 13 heavy (non-hydrogen) atoms. The Bertz CT molecular complexity index is 117. The summed E-state index contributed by atoms with van der Waals surface area (Å²) in [5.74, 6) is 2.19. The molecular formula is C13H26. The van der Waals surface area contributed by atoms with Crippen LogP contribution in [-0.4, -0.2) is 0 Å². The van der Waals surface area contributed by atoms with Gasteiger partial charge in [0.25, 0.3) is 0 Å². The number of hydrogen-bond donors (Lipinski definition) is 0. The van der Waals surface area contributed by atoms with E-state index in [0.717, 1.165) is 11.8 Å². The van der Waals surface area contributed by atoms with E-state index in [9.17, 15) is 0 Å². The van der Waals surface area contributed by atoms with Crippen molar-refractivity contribution in [3.63, 3.8) is 0 Å². The van der Waals surface area contributed by atoms with E-state index in [2.05, 4.69) is 13.8 Å². The fourth-order valence-electron chi connectivity index (χ4n) is 2.79. The first-order valence-electron chi connectivity index (χ1n) is 6.36. The maximum Gasteiger partial charge on any atom is -0.0412 e. The monoisotopic (exact) mass is 182 g/mol. The zero-order valence-electron chi connectivity index (χ0n) is 9.52. The first kappa shape index (κ1) is 11.1. The largest absolute Gasteiger partial charge is 0.0654 e. The third-order valence-corrected chi connectivity index (χ3v) is 3.56. The van der Waals surface area contributed by atoms with E-state index < -0.39 is 0 Å². The second-order valence-electron chi connectivity index (χ2n) is 4.83. The molecule has 1 aliphatic carbocycles. The molecule has 0 aromatic carbocycles. The van der Waals surface area contributed by atoms with E-state index in [-0.39, 0.29) is 0 Å². The lowest BCUT2D eigenvalue weighted by molar-refractivity contribution is 0.429. The summed E-state index contributed by atoms with van der Waals surface area (Å²) in [7, 11) is 0. The lowest BCUT2D eigenvalue weighted by atomic mass is 9.96. The molecule has 0 heteroatoms. The molecule has 0 nitrogen and oxygen atoms in total. The maximum atomic E-state index is 2.32. The SMILES string of the molecule is CCCCCC1CCC(CCC)C1. The van der Waals surface area contributed by atoms with Crippen LogP contribution in [0.1, 0.15) is 71.6 Å². The number of rotatable bonds is 6. The topological polar surface area (TPSA) is 0 Å². The predicted molar refractivity (Wildman–Crippen MR) is 59.9 cm³/mol. The van der Waals surface area contributed by atoms with Gasteiger partial charge in [-0.25, -0.2) is 0 Å². The molecule has 1 saturated carbocycles. The van der Waals surface area contributed by atoms with Gasteiger partial charge in [0.15, 0.2) is 0 Å². The quantitative estimate of drug-likeness (QED) is 0.518. The Balaban J connectivity index is 2.03. The molecule has 0 aliphatic heterocycles. The van der Waals surface area contributed by atoms with Gasteiger partial charge in [0.2, 0.25) is 0 Å². The van der Waals surface area contributed by atoms with Crippen LogP contribution in [0.3, 0.4) is 0 Å². The normalized spacial score (nSPS) is 28.2. The Morgan fingerprint density at radius 3 is 2.15 bits per heavy atom. The summed E-state index contributed by atoms with van der Waals surface area (Å²) >= 11 is 0. The minimum atomic E-state index is 1.09. The van der Waals surface area contributed by atoms with Gasteiger partial charge in [-0.2, -0.15) is 0 Å². The molecule has 0 spiro atoms. The zero-order valence-corrected chi connectivity index (χ0v) is 9.52. The second-order valence-corrected chi connectivity index (χ2v) is 4.83. The minimum Gasteiger partial charge on any atom is -0.0654 e. The van der Waals surface area contributed by atoms with Gasteiger partial charge in [0, 0.05) is 0 Å². The van der Waals surface area contributed by atoms with Crippen molar-refractivity contribution < 1.29 is 0 Å². The van der Waals surface area contributed by atoms with E-state index >= 15 is 0 Å². The van der Waals surface area contributed by atoms with Gasteiger partial charge in [0.05, 0.1) is 0 Å². The van der Waals surface area contributed by atoms with Gasteiger partial charge in [-0.3, -0.25) is 0 Å². The maximum absolute atomic E-state index is 2.32. The first-order valence-corrected chi connectivity index (χ1v) is 6.36. The summed E-state index contributed by atoms with van der Waals surface area (Å²) < 4.78 is 0. The highest BCUT2D eigenvalue weighted by atomic mass is 14.3. The van der Waals surface area contributed by atoms with Crippen molar-refractivity contribution in [3.05, 3.63) is 0 Å². The van der Waals surface area contributed by atoms with Gasteiger partial charge in [-0.05, 0) is 18.3 Å². The van der Waals surface area contributed by atoms with Crippen LogP contribution in [0.5, 0.6) is 0 Å². The van der Waals surface area contributed by atoms with Crippen LogP contribution in [0.25, 0.3) is 0 Å². The van der Waals surface area contributed by atoms with E-state index in [4.69, 9.17) is 0 Å². The van der Waals surface area contributed by atoms with Crippen LogP contribution < -0.4 is 0 Å². The standard InChI is InChI=1S/C13H26/c1-3-5-6-8-13-10-9-12(11-13)7-4-2/h12-13H,3-11H2,1-2H3. The van der Waals surface area contributed by atoms with E-state index in [1.807, 2.05) is 0 Å². The fourth-order valence-corrected chi connectivity index (χ4v) is 2.79. The van der Waals surface area contributed by atoms with E-state index in [0.29, 0.717) is 0 Å². The van der Waals surface area contributed by atoms with Crippen LogP contribution >= 0.6 is 0 Å². The van der Waals surface area contributed by atoms with Gasteiger partial charge < -0.3 is 0 Å². The minimum absolute atomic E-state index is 1.09. The Morgan fingerprint density at radius 2 is 1.54 bits per heavy atom. The summed E-state index contributed by atoms with van der Waals surface area (Å²) in [6.07, 6.45) is 13.3. The summed E-state index contributed by atoms with van der Waals surface area (Å²) in [6.45, 7) is 4.62. The van der Waals surface area contributed by atoms with E-state index in [1.165, 1.54) is 51.4 Å². The van der Waals surface area contributed by atoms with Crippen LogP contribution in [0.15, 0.2) is 0 Å². The highest BCUT2D eigenvalue weighted by molar-refractivity contribution is 4.75. The predicted octanol–water partition coefficient (Wildman–Crippen LogP) is 4.78. The second kappa shape index (κ2) is 6.45. The summed E-state index contributed by atoms with van der Waals surface area (Å²) in [4.78, 5) is 0. The molecular weight excluding hydrogens is 156 g/mol. The molecule has 1 fully saturated rings. The third kappa shape index (κ3) is 4.15. The van der Waals surface area contributed by atoms with Crippen molar-refractivity contribution in [1.82, 2.24) is 0 Å². The lowest BCUT2D eigenvalue weighted by Crippen LogP contribution is -1.96. The van der Waals surface area contributed by atoms with Crippen molar-refractivity contribution >= 4 is 0 Å². The Labute approximate surface area is 84.1 Å². The molecule has 0 heterocycles. The molecule has 0 bridgehead atoms. The highest BCUT2D eigenvalue weighted by Gasteiger charge is 2.22. The Hall–Kier alpha value is 0. The molecule has 2 unspecified atom stereocenters. The molecule has 0 N–H and O–H groups in total. The van der Waals surface area contributed by atoms with Crippen LogP contribution in [0, 0.1) is 11.8 Å². The van der Waals surface area contributed by atoms with Crippen molar-refractivity contribution in [2.45, 2.75) is 71.6 Å². The van der Waals surface area contributed by atoms with Gasteiger partial charge in [-0.15, -0.1) is 0 Å². The molecule has 2 atom stereocenters.